The van der Waals surface area contributed by atoms with E-state index < -0.39 is 151 Å². The Labute approximate surface area is 439 Å². The maximum atomic E-state index is 14.4. The van der Waals surface area contributed by atoms with E-state index in [2.05, 4.69) is 47.9 Å². The number of nitrogens with two attached hydrogens (primary N) is 3. The lowest BCUT2D eigenvalue weighted by atomic mass is 9.96. The van der Waals surface area contributed by atoms with Gasteiger partial charge in [-0.15, -0.1) is 0 Å². The summed E-state index contributed by atoms with van der Waals surface area (Å²) in [6.07, 6.45) is 1.77. The largest absolute Gasteiger partial charge is 0.394 e. The van der Waals surface area contributed by atoms with E-state index in [0.717, 1.165) is 0 Å². The lowest BCUT2D eigenvalue weighted by Crippen LogP contribution is -2.62. The van der Waals surface area contributed by atoms with Gasteiger partial charge >= 0.3 is 0 Å². The average molecular weight is 1060 g/mol. The Kier molecular flexibility index (Phi) is 28.3. The summed E-state index contributed by atoms with van der Waals surface area (Å²) in [5.41, 5.74) is 16.7. The van der Waals surface area contributed by atoms with Crippen LogP contribution >= 0.6 is 0 Å². The van der Waals surface area contributed by atoms with Gasteiger partial charge in [0.25, 0.3) is 0 Å². The third-order valence-corrected chi connectivity index (χ3v) is 13.7. The third kappa shape index (κ3) is 21.4. The molecule has 2 rings (SSSR count). The first-order chi connectivity index (χ1) is 35.4. The minimum atomic E-state index is -1.74. The minimum absolute atomic E-state index is 0.00216. The first-order valence-corrected chi connectivity index (χ1v) is 26.3. The highest BCUT2D eigenvalue weighted by atomic mass is 16.3. The lowest BCUT2D eigenvalue weighted by molar-refractivity contribution is -0.139. The molecule has 0 saturated carbocycles. The highest BCUT2D eigenvalue weighted by Crippen LogP contribution is 2.19. The number of primary amides is 2. The number of rotatable bonds is 22. The molecule has 0 aliphatic carbocycles. The van der Waals surface area contributed by atoms with Crippen molar-refractivity contribution in [3.63, 3.8) is 0 Å². The molecule has 12 amide bonds. The van der Waals surface area contributed by atoms with Gasteiger partial charge in [-0.25, -0.2) is 0 Å². The normalized spacial score (nSPS) is 23.7. The Morgan fingerprint density at radius 2 is 1.36 bits per heavy atom. The van der Waals surface area contributed by atoms with Gasteiger partial charge in [-0.1, -0.05) is 54.4 Å². The number of nitrogens with one attached hydrogen (secondary N) is 9. The summed E-state index contributed by atoms with van der Waals surface area (Å²) in [4.78, 5) is 163. The summed E-state index contributed by atoms with van der Waals surface area (Å²) in [7, 11) is 0. The van der Waals surface area contributed by atoms with E-state index in [-0.39, 0.29) is 56.9 Å². The number of hydrogen-bond acceptors (Lipinski definition) is 14. The van der Waals surface area contributed by atoms with Crippen LogP contribution in [0.25, 0.3) is 0 Å². The first-order valence-electron chi connectivity index (χ1n) is 26.3. The Hall–Kier alpha value is -6.44. The standard InChI is InChI=1S/C49H85N13O13/c1-8-27(5)39(41(52)67)60-44(70)31-16-11-13-23-53-37(66)21-19-33(42(68)54-32(18-20-36(51)65)43(69)58-34(25-63)46(72)59-38(26(3)4)48(74)56-31)57-49(75)40(28(6)9-2)61-45(71)30(15-10-12-22-50)55-47(73)35-17-14-24-62(35)29(7)64/h26-28,30-35,38-40,63H,8-25,50H2,1-7H3,(H2,51,65)(H2,52,67)(H,53,66)(H,54,68)(H,55,73)(H,56,74)(H,57,75)(H,58,69)(H,59,72)(H,60,70)(H,61,71)/t27-,28-,30-,31-,32-,33-,34-,35-,38-,39-,40-/m0/s1. The quantitative estimate of drug-likeness (QED) is 0.0470. The van der Waals surface area contributed by atoms with Crippen molar-refractivity contribution in [1.82, 2.24) is 52.8 Å². The molecule has 424 valence electrons. The van der Waals surface area contributed by atoms with Crippen molar-refractivity contribution >= 4 is 70.9 Å². The van der Waals surface area contributed by atoms with Crippen molar-refractivity contribution in [2.45, 2.75) is 193 Å². The molecule has 16 N–H and O–H groups in total. The molecular weight excluding hydrogens is 979 g/mol. The molecule has 0 bridgehead atoms. The molecule has 0 radical (unpaired) electrons. The number of hydrogen-bond donors (Lipinski definition) is 13. The lowest BCUT2D eigenvalue weighted by Gasteiger charge is -2.30. The molecule has 0 spiro atoms. The molecule has 75 heavy (non-hydrogen) atoms. The second-order valence-electron chi connectivity index (χ2n) is 19.9. The van der Waals surface area contributed by atoms with Gasteiger partial charge in [-0.3, -0.25) is 57.5 Å². The van der Waals surface area contributed by atoms with E-state index in [0.29, 0.717) is 51.6 Å². The van der Waals surface area contributed by atoms with E-state index in [1.807, 2.05) is 0 Å². The third-order valence-electron chi connectivity index (χ3n) is 13.7. The van der Waals surface area contributed by atoms with E-state index >= 15 is 0 Å². The molecule has 2 aliphatic heterocycles. The molecule has 2 aliphatic rings. The molecule has 26 heteroatoms. The first kappa shape index (κ1) is 64.7. The predicted octanol–water partition coefficient (Wildman–Crippen LogP) is -3.42. The van der Waals surface area contributed by atoms with Crippen LogP contribution in [0.5, 0.6) is 0 Å². The van der Waals surface area contributed by atoms with Crippen molar-refractivity contribution < 1.29 is 62.6 Å². The fraction of sp³-hybridized carbons (Fsp3) is 0.755. The Morgan fingerprint density at radius 1 is 0.720 bits per heavy atom. The van der Waals surface area contributed by atoms with Crippen LogP contribution in [0.3, 0.4) is 0 Å². The smallest absolute Gasteiger partial charge is 0.245 e. The van der Waals surface area contributed by atoms with Crippen LogP contribution in [-0.4, -0.2) is 162 Å². The van der Waals surface area contributed by atoms with Crippen LogP contribution in [0, 0.1) is 17.8 Å². The summed E-state index contributed by atoms with van der Waals surface area (Å²) >= 11 is 0. The zero-order valence-electron chi connectivity index (χ0n) is 44.7. The number of unbranched alkanes of at least 4 members (excludes halogenated alkanes) is 1. The molecule has 2 saturated heterocycles. The molecule has 0 unspecified atom stereocenters. The number of likely N-dealkylation sites (tertiary alicyclic amines) is 1. The molecule has 0 aromatic carbocycles. The zero-order chi connectivity index (χ0) is 56.5. The number of carbonyl (C=O) groups is 12. The van der Waals surface area contributed by atoms with Gasteiger partial charge in [-0.2, -0.15) is 0 Å². The second-order valence-corrected chi connectivity index (χ2v) is 19.9. The van der Waals surface area contributed by atoms with E-state index in [4.69, 9.17) is 17.2 Å². The highest BCUT2D eigenvalue weighted by molar-refractivity contribution is 5.99. The van der Waals surface area contributed by atoms with Crippen LogP contribution in [0.15, 0.2) is 0 Å². The Morgan fingerprint density at radius 3 is 1.95 bits per heavy atom. The molecule has 11 atom stereocenters. The Bertz CT molecular complexity index is 2010. The van der Waals surface area contributed by atoms with E-state index in [9.17, 15) is 62.6 Å². The van der Waals surface area contributed by atoms with E-state index in [1.54, 1.807) is 41.5 Å². The van der Waals surface area contributed by atoms with Crippen LogP contribution < -0.4 is 65.1 Å². The second kappa shape index (κ2) is 32.8. The molecule has 26 nitrogen and oxygen atoms in total. The maximum absolute atomic E-state index is 14.4. The van der Waals surface area contributed by atoms with Crippen molar-refractivity contribution in [2.24, 2.45) is 35.0 Å². The van der Waals surface area contributed by atoms with Gasteiger partial charge in [0.1, 0.15) is 54.4 Å². The van der Waals surface area contributed by atoms with Crippen molar-refractivity contribution in [3.05, 3.63) is 0 Å². The number of aliphatic hydroxyl groups excluding tert-OH is 1. The van der Waals surface area contributed by atoms with Crippen molar-refractivity contribution in [1.29, 1.82) is 0 Å². The summed E-state index contributed by atoms with van der Waals surface area (Å²) < 4.78 is 0. The monoisotopic (exact) mass is 1060 g/mol. The van der Waals surface area contributed by atoms with Crippen LogP contribution in [0.1, 0.15) is 138 Å². The number of aliphatic hydroxyl groups is 1. The number of nitrogens with zero attached hydrogens (tertiary/aromatic N) is 1. The fourth-order valence-corrected chi connectivity index (χ4v) is 8.59. The molecule has 0 aromatic heterocycles. The summed E-state index contributed by atoms with van der Waals surface area (Å²) in [5, 5.41) is 33.7. The molecule has 2 fully saturated rings. The maximum Gasteiger partial charge on any atom is 0.245 e. The number of carbonyl (C=O) groups excluding carboxylic acids is 12. The molecule has 0 aromatic rings. The average Bonchev–Trinajstić information content (AvgIpc) is 3.87. The summed E-state index contributed by atoms with van der Waals surface area (Å²) in [6, 6.07) is -11.9. The molecular formula is C49H85N13O13. The van der Waals surface area contributed by atoms with Crippen LogP contribution in [0.4, 0.5) is 0 Å². The van der Waals surface area contributed by atoms with E-state index in [1.165, 1.54) is 11.8 Å². The zero-order valence-corrected chi connectivity index (χ0v) is 44.7. The predicted molar refractivity (Wildman–Crippen MR) is 273 cm³/mol. The van der Waals surface area contributed by atoms with Crippen LogP contribution in [0.2, 0.25) is 0 Å². The topological polar surface area (TPSA) is 415 Å². The van der Waals surface area contributed by atoms with Gasteiger partial charge in [0.05, 0.1) is 6.61 Å². The van der Waals surface area contributed by atoms with Gasteiger partial charge < -0.3 is 75.1 Å². The minimum Gasteiger partial charge on any atom is -0.394 e. The number of amides is 12. The highest BCUT2D eigenvalue weighted by Gasteiger charge is 2.38. The van der Waals surface area contributed by atoms with Gasteiger partial charge in [-0.05, 0) is 88.5 Å². The fourth-order valence-electron chi connectivity index (χ4n) is 8.59. The SMILES string of the molecule is CC[C@H](C)[C@H](NC(=O)[C@@H]1CCCCNC(=O)CC[C@H](NC(=O)[C@@H](NC(=O)[C@H](CCCCN)NC(=O)[C@@H]2CCCN2C(C)=O)[C@@H](C)CC)C(=O)N[C@@H](CCC(N)=O)C(=O)N[C@@H](CO)C(=O)N[C@@H](C(C)C)C(=O)N1)C(N)=O. The van der Waals surface area contributed by atoms with Gasteiger partial charge in [0.15, 0.2) is 0 Å². The Balaban J connectivity index is 2.57. The van der Waals surface area contributed by atoms with Crippen molar-refractivity contribution in [2.75, 3.05) is 26.2 Å². The molecule has 2 heterocycles. The van der Waals surface area contributed by atoms with Gasteiger partial charge in [0, 0.05) is 32.9 Å². The summed E-state index contributed by atoms with van der Waals surface area (Å²) in [5.74, 6) is -10.9. The van der Waals surface area contributed by atoms with Crippen LogP contribution in [-0.2, 0) is 57.5 Å². The van der Waals surface area contributed by atoms with Crippen molar-refractivity contribution in [3.8, 4) is 0 Å². The summed E-state index contributed by atoms with van der Waals surface area (Å²) in [6.45, 7) is 11.2. The van der Waals surface area contributed by atoms with Gasteiger partial charge in [0.2, 0.25) is 70.9 Å².